The molecular formula is C36H26N8. The summed E-state index contributed by atoms with van der Waals surface area (Å²) in [5, 5.41) is 1.81. The molecule has 4 aromatic heterocycles. The summed E-state index contributed by atoms with van der Waals surface area (Å²) in [6.07, 6.45) is 7.30. The second-order valence-electron chi connectivity index (χ2n) is 10.5. The summed E-state index contributed by atoms with van der Waals surface area (Å²) in [6, 6.07) is 35.9. The van der Waals surface area contributed by atoms with Gasteiger partial charge in [0.05, 0.1) is 70.0 Å². The lowest BCUT2D eigenvalue weighted by Crippen LogP contribution is -2.07. The van der Waals surface area contributed by atoms with Gasteiger partial charge in [0.15, 0.2) is 11.6 Å². The van der Waals surface area contributed by atoms with Gasteiger partial charge in [-0.15, -0.1) is 0 Å². The molecule has 4 aromatic carbocycles. The van der Waals surface area contributed by atoms with Crippen molar-refractivity contribution >= 4 is 33.2 Å². The zero-order valence-corrected chi connectivity index (χ0v) is 23.5. The molecule has 0 aliphatic rings. The van der Waals surface area contributed by atoms with E-state index in [0.29, 0.717) is 23.0 Å². The number of aromatic nitrogens is 6. The van der Waals surface area contributed by atoms with E-state index in [1.165, 1.54) is 0 Å². The number of anilines is 2. The van der Waals surface area contributed by atoms with E-state index in [1.807, 2.05) is 134 Å². The Bertz CT molecular complexity index is 2100. The van der Waals surface area contributed by atoms with Crippen molar-refractivity contribution in [3.05, 3.63) is 134 Å². The van der Waals surface area contributed by atoms with Crippen LogP contribution in [0, 0.1) is 0 Å². The smallest absolute Gasteiger partial charge is 0.159 e. The van der Waals surface area contributed by atoms with Crippen LogP contribution >= 0.6 is 0 Å². The summed E-state index contributed by atoms with van der Waals surface area (Å²) in [4.78, 5) is 18.9. The molecule has 8 aromatic rings. The number of nitrogen functional groups attached to an aromatic ring is 2. The van der Waals surface area contributed by atoms with Gasteiger partial charge in [-0.25, -0.2) is 19.9 Å². The van der Waals surface area contributed by atoms with E-state index >= 15 is 0 Å². The maximum absolute atomic E-state index is 7.01. The summed E-state index contributed by atoms with van der Waals surface area (Å²) >= 11 is 0. The van der Waals surface area contributed by atoms with Gasteiger partial charge in [0.1, 0.15) is 0 Å². The quantitative estimate of drug-likeness (QED) is 0.224. The minimum absolute atomic E-state index is 0.602. The Kier molecular flexibility index (Phi) is 5.90. The highest BCUT2D eigenvalue weighted by molar-refractivity contribution is 6.09. The van der Waals surface area contributed by atoms with Gasteiger partial charge in [0, 0.05) is 21.9 Å². The highest BCUT2D eigenvalue weighted by atomic mass is 15.1. The van der Waals surface area contributed by atoms with Crippen molar-refractivity contribution in [3.8, 4) is 45.5 Å². The third-order valence-electron chi connectivity index (χ3n) is 7.91. The van der Waals surface area contributed by atoms with Crippen molar-refractivity contribution in [3.63, 3.8) is 0 Å². The van der Waals surface area contributed by atoms with E-state index in [1.54, 1.807) is 0 Å². The summed E-state index contributed by atoms with van der Waals surface area (Å²) in [5.74, 6) is 1.29. The fraction of sp³-hybridized carbons (Fsp3) is 0. The predicted octanol–water partition coefficient (Wildman–Crippen LogP) is 7.32. The van der Waals surface area contributed by atoms with Gasteiger partial charge in [-0.2, -0.15) is 0 Å². The minimum Gasteiger partial charge on any atom is -0.396 e. The van der Waals surface area contributed by atoms with Gasteiger partial charge >= 0.3 is 0 Å². The number of rotatable bonds is 5. The van der Waals surface area contributed by atoms with Gasteiger partial charge in [0.2, 0.25) is 0 Å². The molecule has 0 amide bonds. The predicted molar refractivity (Wildman–Crippen MR) is 176 cm³/mol. The highest BCUT2D eigenvalue weighted by Gasteiger charge is 2.26. The molecule has 0 radical (unpaired) electrons. The Hall–Kier alpha value is -6.28. The van der Waals surface area contributed by atoms with Crippen LogP contribution in [0.5, 0.6) is 0 Å². The molecule has 0 atom stereocenters. The van der Waals surface area contributed by atoms with Gasteiger partial charge in [-0.3, -0.25) is 0 Å². The Morgan fingerprint density at radius 3 is 1.14 bits per heavy atom. The first kappa shape index (κ1) is 25.4. The van der Waals surface area contributed by atoms with Crippen molar-refractivity contribution in [1.82, 2.24) is 29.1 Å². The average molecular weight is 571 g/mol. The molecule has 44 heavy (non-hydrogen) atoms. The first-order valence-electron chi connectivity index (χ1n) is 14.2. The van der Waals surface area contributed by atoms with Crippen molar-refractivity contribution in [2.45, 2.75) is 0 Å². The first-order chi connectivity index (χ1) is 21.7. The van der Waals surface area contributed by atoms with Crippen LogP contribution in [0.4, 0.5) is 11.4 Å². The number of nitrogens with two attached hydrogens (primary N) is 2. The molecule has 0 fully saturated rings. The molecule has 4 heterocycles. The molecule has 8 heteroatoms. The van der Waals surface area contributed by atoms with Crippen LogP contribution in [-0.2, 0) is 0 Å². The van der Waals surface area contributed by atoms with Gasteiger partial charge in [-0.05, 0) is 12.1 Å². The van der Waals surface area contributed by atoms with Crippen molar-refractivity contribution in [2.24, 2.45) is 0 Å². The summed E-state index contributed by atoms with van der Waals surface area (Å²) < 4.78 is 4.17. The number of fused-ring (bicyclic) bond motifs is 2. The largest absolute Gasteiger partial charge is 0.396 e. The fourth-order valence-corrected chi connectivity index (χ4v) is 5.88. The van der Waals surface area contributed by atoms with Crippen LogP contribution < -0.4 is 11.5 Å². The van der Waals surface area contributed by atoms with Crippen LogP contribution in [-0.4, -0.2) is 29.1 Å². The lowest BCUT2D eigenvalue weighted by molar-refractivity contribution is 1.02. The van der Waals surface area contributed by atoms with E-state index in [9.17, 15) is 0 Å². The lowest BCUT2D eigenvalue weighted by Gasteiger charge is -2.16. The van der Waals surface area contributed by atoms with Gasteiger partial charge in [0.25, 0.3) is 0 Å². The topological polar surface area (TPSA) is 113 Å². The third-order valence-corrected chi connectivity index (χ3v) is 7.91. The van der Waals surface area contributed by atoms with Crippen LogP contribution in [0.1, 0.15) is 0 Å². The molecule has 210 valence electrons. The number of benzene rings is 4. The zero-order chi connectivity index (χ0) is 29.6. The number of nitrogens with zero attached hydrogens (tertiary/aromatic N) is 6. The summed E-state index contributed by atoms with van der Waals surface area (Å²) in [5.41, 5.74) is 21.9. The van der Waals surface area contributed by atoms with Crippen LogP contribution in [0.25, 0.3) is 67.3 Å². The second-order valence-corrected chi connectivity index (χ2v) is 10.5. The Morgan fingerprint density at radius 2 is 0.750 bits per heavy atom. The molecular weight excluding hydrogens is 544 g/mol. The number of hydrogen-bond acceptors (Lipinski definition) is 6. The molecule has 8 nitrogen and oxygen atoms in total. The normalized spacial score (nSPS) is 11.4. The van der Waals surface area contributed by atoms with E-state index in [2.05, 4.69) is 9.13 Å². The van der Waals surface area contributed by atoms with Crippen LogP contribution in [0.2, 0.25) is 0 Å². The SMILES string of the molecule is Nc1c(-c2c(N)c3ccccc3n2-c2cnc(-c3ccccc3)nc2)n(-c2cnc(-c3ccccc3)nc2)c2ccccc12. The van der Waals surface area contributed by atoms with Crippen molar-refractivity contribution in [2.75, 3.05) is 11.5 Å². The molecule has 0 saturated carbocycles. The lowest BCUT2D eigenvalue weighted by atomic mass is 10.1. The third kappa shape index (κ3) is 4.00. The minimum atomic E-state index is 0.602. The maximum atomic E-state index is 7.01. The molecule has 0 bridgehead atoms. The molecule has 0 spiro atoms. The standard InChI is InChI=1S/C36H26N8/c37-31-27-15-7-9-17-29(27)43(25-19-39-35(40-20-25)23-11-3-1-4-12-23)33(31)34-32(38)28-16-8-10-18-30(28)44(34)26-21-41-36(42-22-26)24-13-5-2-6-14-24/h1-22H,37-38H2. The summed E-state index contributed by atoms with van der Waals surface area (Å²) in [7, 11) is 0. The molecule has 4 N–H and O–H groups in total. The van der Waals surface area contributed by atoms with Gasteiger partial charge in [-0.1, -0.05) is 97.1 Å². The molecule has 0 saturated heterocycles. The first-order valence-corrected chi connectivity index (χ1v) is 14.2. The summed E-state index contributed by atoms with van der Waals surface area (Å²) in [6.45, 7) is 0. The molecule has 0 aliphatic carbocycles. The maximum Gasteiger partial charge on any atom is 0.159 e. The Balaban J connectivity index is 1.38. The second kappa shape index (κ2) is 10.2. The molecule has 0 aliphatic heterocycles. The van der Waals surface area contributed by atoms with E-state index in [-0.39, 0.29) is 0 Å². The fourth-order valence-electron chi connectivity index (χ4n) is 5.88. The van der Waals surface area contributed by atoms with E-state index in [4.69, 9.17) is 31.4 Å². The van der Waals surface area contributed by atoms with Crippen molar-refractivity contribution < 1.29 is 0 Å². The number of para-hydroxylation sites is 2. The monoisotopic (exact) mass is 570 g/mol. The Morgan fingerprint density at radius 1 is 0.409 bits per heavy atom. The average Bonchev–Trinajstić information content (AvgIpc) is 3.55. The van der Waals surface area contributed by atoms with Crippen LogP contribution in [0.15, 0.2) is 134 Å². The Labute approximate surface area is 252 Å². The molecule has 8 rings (SSSR count). The van der Waals surface area contributed by atoms with E-state index in [0.717, 1.165) is 55.7 Å². The molecule has 0 unspecified atom stereocenters. The van der Waals surface area contributed by atoms with Gasteiger partial charge < -0.3 is 20.6 Å². The highest BCUT2D eigenvalue weighted by Crippen LogP contribution is 2.45. The van der Waals surface area contributed by atoms with E-state index < -0.39 is 0 Å². The van der Waals surface area contributed by atoms with Crippen LogP contribution in [0.3, 0.4) is 0 Å². The van der Waals surface area contributed by atoms with Crippen molar-refractivity contribution in [1.29, 1.82) is 0 Å². The zero-order valence-electron chi connectivity index (χ0n) is 23.5. The number of hydrogen-bond donors (Lipinski definition) is 2.